The predicted molar refractivity (Wildman–Crippen MR) is 102 cm³/mol. The third-order valence-electron chi connectivity index (χ3n) is 5.30. The van der Waals surface area contributed by atoms with E-state index in [0.29, 0.717) is 6.42 Å². The van der Waals surface area contributed by atoms with Gasteiger partial charge in [-0.25, -0.2) is 0 Å². The van der Waals surface area contributed by atoms with E-state index in [1.165, 1.54) is 43.4 Å². The van der Waals surface area contributed by atoms with Crippen LogP contribution in [0.4, 0.5) is 0 Å². The topological polar surface area (TPSA) is 26.3 Å². The number of hydrogen-bond donors (Lipinski definition) is 0. The second-order valence-corrected chi connectivity index (χ2v) is 6.72. The molecule has 122 valence electrons. The van der Waals surface area contributed by atoms with Crippen LogP contribution in [0.25, 0.3) is 32.3 Å². The van der Waals surface area contributed by atoms with Crippen molar-refractivity contribution in [3.05, 3.63) is 71.8 Å². The van der Waals surface area contributed by atoms with Crippen LogP contribution in [0.2, 0.25) is 0 Å². The molecule has 0 spiro atoms. The Balaban J connectivity index is 1.89. The second-order valence-electron chi connectivity index (χ2n) is 6.72. The van der Waals surface area contributed by atoms with Gasteiger partial charge in [0.05, 0.1) is 0 Å². The molecule has 0 bridgehead atoms. The van der Waals surface area contributed by atoms with Crippen molar-refractivity contribution in [2.24, 2.45) is 0 Å². The summed E-state index contributed by atoms with van der Waals surface area (Å²) in [5.41, 5.74) is 2.45. The standard InChI is InChI=1S/C23H18O2/c1-2-21(24)25-20-13-16-8-5-7-15-12-19-17-9-4-3-6-14(17)10-11-18(19)23(20)22(15)16/h3-12,20H,2,13H2,1H3. The van der Waals surface area contributed by atoms with Crippen molar-refractivity contribution in [2.45, 2.75) is 25.9 Å². The van der Waals surface area contributed by atoms with E-state index in [2.05, 4.69) is 60.7 Å². The van der Waals surface area contributed by atoms with Crippen molar-refractivity contribution in [1.29, 1.82) is 0 Å². The van der Waals surface area contributed by atoms with Crippen molar-refractivity contribution < 1.29 is 9.53 Å². The Hall–Kier alpha value is -2.87. The van der Waals surface area contributed by atoms with Crippen LogP contribution in [0.15, 0.2) is 60.7 Å². The minimum Gasteiger partial charge on any atom is -0.457 e. The fourth-order valence-electron chi connectivity index (χ4n) is 4.19. The van der Waals surface area contributed by atoms with E-state index in [0.717, 1.165) is 6.42 Å². The van der Waals surface area contributed by atoms with Crippen LogP contribution < -0.4 is 0 Å². The molecular weight excluding hydrogens is 308 g/mol. The van der Waals surface area contributed by atoms with Crippen LogP contribution in [0.5, 0.6) is 0 Å². The number of rotatable bonds is 2. The van der Waals surface area contributed by atoms with Crippen molar-refractivity contribution in [2.75, 3.05) is 0 Å². The van der Waals surface area contributed by atoms with Crippen LogP contribution in [0.3, 0.4) is 0 Å². The summed E-state index contributed by atoms with van der Waals surface area (Å²) in [7, 11) is 0. The van der Waals surface area contributed by atoms with E-state index in [1.54, 1.807) is 0 Å². The van der Waals surface area contributed by atoms with E-state index in [1.807, 2.05) is 6.92 Å². The summed E-state index contributed by atoms with van der Waals surface area (Å²) in [5, 5.41) is 7.40. The maximum absolute atomic E-state index is 12.0. The molecule has 0 saturated carbocycles. The molecule has 0 amide bonds. The summed E-state index contributed by atoms with van der Waals surface area (Å²) in [4.78, 5) is 12.0. The molecule has 1 aliphatic rings. The number of benzene rings is 4. The molecule has 5 rings (SSSR count). The van der Waals surface area contributed by atoms with Gasteiger partial charge in [0.2, 0.25) is 0 Å². The average Bonchev–Trinajstić information content (AvgIpc) is 3.01. The molecule has 0 heterocycles. The monoisotopic (exact) mass is 326 g/mol. The summed E-state index contributed by atoms with van der Waals surface area (Å²) < 4.78 is 5.81. The number of esters is 1. The zero-order valence-electron chi connectivity index (χ0n) is 14.1. The smallest absolute Gasteiger partial charge is 0.306 e. The van der Waals surface area contributed by atoms with Crippen molar-refractivity contribution >= 4 is 38.3 Å². The van der Waals surface area contributed by atoms with E-state index in [-0.39, 0.29) is 12.1 Å². The predicted octanol–water partition coefficient (Wildman–Crippen LogP) is 5.70. The fraction of sp³-hybridized carbons (Fsp3) is 0.174. The zero-order valence-corrected chi connectivity index (χ0v) is 14.1. The van der Waals surface area contributed by atoms with E-state index in [9.17, 15) is 4.79 Å². The number of carbonyl (C=O) groups excluding carboxylic acids is 1. The van der Waals surface area contributed by atoms with Gasteiger partial charge in [0.1, 0.15) is 6.10 Å². The molecule has 0 radical (unpaired) electrons. The highest BCUT2D eigenvalue weighted by atomic mass is 16.5. The van der Waals surface area contributed by atoms with Crippen LogP contribution in [-0.2, 0) is 16.0 Å². The fourth-order valence-corrected chi connectivity index (χ4v) is 4.19. The van der Waals surface area contributed by atoms with E-state index in [4.69, 9.17) is 4.74 Å². The third-order valence-corrected chi connectivity index (χ3v) is 5.30. The van der Waals surface area contributed by atoms with Crippen LogP contribution in [0, 0.1) is 0 Å². The Morgan fingerprint density at radius 3 is 2.68 bits per heavy atom. The van der Waals surface area contributed by atoms with Crippen molar-refractivity contribution in [1.82, 2.24) is 0 Å². The Labute approximate surface area is 146 Å². The highest BCUT2D eigenvalue weighted by Crippen LogP contribution is 2.44. The molecular formula is C23H18O2. The Kier molecular flexibility index (Phi) is 3.08. The van der Waals surface area contributed by atoms with Crippen LogP contribution in [0.1, 0.15) is 30.6 Å². The van der Waals surface area contributed by atoms with Crippen molar-refractivity contribution in [3.63, 3.8) is 0 Å². The van der Waals surface area contributed by atoms with Gasteiger partial charge < -0.3 is 4.74 Å². The quantitative estimate of drug-likeness (QED) is 0.268. The summed E-state index contributed by atoms with van der Waals surface area (Å²) in [5.74, 6) is -0.135. The molecule has 0 fully saturated rings. The van der Waals surface area contributed by atoms with Gasteiger partial charge in [-0.15, -0.1) is 0 Å². The number of ether oxygens (including phenoxy) is 1. The maximum atomic E-state index is 12.0. The number of carbonyl (C=O) groups is 1. The Morgan fingerprint density at radius 1 is 0.960 bits per heavy atom. The minimum atomic E-state index is -0.183. The van der Waals surface area contributed by atoms with Gasteiger partial charge in [-0.05, 0) is 43.9 Å². The largest absolute Gasteiger partial charge is 0.457 e. The molecule has 4 aromatic rings. The Bertz CT molecular complexity index is 1160. The van der Waals surface area contributed by atoms with E-state index < -0.39 is 0 Å². The van der Waals surface area contributed by atoms with Gasteiger partial charge in [-0.3, -0.25) is 4.79 Å². The molecule has 25 heavy (non-hydrogen) atoms. The minimum absolute atomic E-state index is 0.135. The summed E-state index contributed by atoms with van der Waals surface area (Å²) in [6.07, 6.45) is 0.992. The van der Waals surface area contributed by atoms with Gasteiger partial charge in [0.15, 0.2) is 0 Å². The highest BCUT2D eigenvalue weighted by molar-refractivity contribution is 6.15. The zero-order chi connectivity index (χ0) is 17.0. The van der Waals surface area contributed by atoms with Gasteiger partial charge in [0, 0.05) is 18.4 Å². The van der Waals surface area contributed by atoms with E-state index >= 15 is 0 Å². The number of fused-ring (bicyclic) bond motifs is 4. The molecule has 0 aromatic heterocycles. The van der Waals surface area contributed by atoms with Gasteiger partial charge >= 0.3 is 5.97 Å². The molecule has 1 atom stereocenters. The lowest BCUT2D eigenvalue weighted by Crippen LogP contribution is -2.09. The summed E-state index contributed by atoms with van der Waals surface area (Å²) >= 11 is 0. The van der Waals surface area contributed by atoms with Gasteiger partial charge in [-0.1, -0.05) is 61.5 Å². The molecule has 1 unspecified atom stereocenters. The molecule has 0 saturated heterocycles. The normalized spacial score (nSPS) is 16.0. The lowest BCUT2D eigenvalue weighted by Gasteiger charge is -2.16. The first-order chi connectivity index (χ1) is 12.3. The SMILES string of the molecule is CCC(=O)OC1Cc2cccc3cc4c(ccc5ccccc54)c1c23. The molecule has 0 aliphatic heterocycles. The highest BCUT2D eigenvalue weighted by Gasteiger charge is 2.29. The summed E-state index contributed by atoms with van der Waals surface area (Å²) in [6.45, 7) is 1.84. The first-order valence-corrected chi connectivity index (χ1v) is 8.81. The van der Waals surface area contributed by atoms with Gasteiger partial charge in [0.25, 0.3) is 0 Å². The first-order valence-electron chi connectivity index (χ1n) is 8.81. The molecule has 2 nitrogen and oxygen atoms in total. The lowest BCUT2D eigenvalue weighted by atomic mass is 9.93. The third kappa shape index (κ3) is 2.07. The first kappa shape index (κ1) is 14.5. The van der Waals surface area contributed by atoms with Gasteiger partial charge in [-0.2, -0.15) is 0 Å². The molecule has 4 aromatic carbocycles. The van der Waals surface area contributed by atoms with Crippen LogP contribution in [-0.4, -0.2) is 5.97 Å². The lowest BCUT2D eigenvalue weighted by molar-refractivity contribution is -0.148. The summed E-state index contributed by atoms with van der Waals surface area (Å²) in [6, 6.07) is 21.5. The Morgan fingerprint density at radius 2 is 1.80 bits per heavy atom. The van der Waals surface area contributed by atoms with Crippen LogP contribution >= 0.6 is 0 Å². The number of hydrogen-bond acceptors (Lipinski definition) is 2. The molecule has 0 N–H and O–H groups in total. The molecule has 1 aliphatic carbocycles. The molecule has 2 heteroatoms. The van der Waals surface area contributed by atoms with Crippen molar-refractivity contribution in [3.8, 4) is 0 Å². The maximum Gasteiger partial charge on any atom is 0.306 e. The average molecular weight is 326 g/mol. The second kappa shape index (κ2) is 5.32.